The van der Waals surface area contributed by atoms with E-state index in [4.69, 9.17) is 16.6 Å². The molecular formula is C29H28ClN3O3S. The molecule has 8 heteroatoms. The van der Waals surface area contributed by atoms with Crippen LogP contribution in [-0.4, -0.2) is 27.0 Å². The van der Waals surface area contributed by atoms with Crippen molar-refractivity contribution in [2.45, 2.75) is 38.9 Å². The highest BCUT2D eigenvalue weighted by atomic mass is 35.5. The van der Waals surface area contributed by atoms with E-state index in [0.29, 0.717) is 45.3 Å². The SMILES string of the molecule is CC(C)(C)C(=O)CSc1nc2cc(C(=O)Nc3cccc(Cl)c3)ccc2c(=O)n1CCc1ccccc1. The molecule has 0 bridgehead atoms. The fourth-order valence-corrected chi connectivity index (χ4v) is 5.03. The first-order chi connectivity index (χ1) is 17.6. The molecule has 0 radical (unpaired) electrons. The van der Waals surface area contributed by atoms with Crippen LogP contribution in [0.3, 0.4) is 0 Å². The Morgan fingerprint density at radius 1 is 1.00 bits per heavy atom. The molecule has 37 heavy (non-hydrogen) atoms. The van der Waals surface area contributed by atoms with Crippen LogP contribution >= 0.6 is 23.4 Å². The Morgan fingerprint density at radius 3 is 2.46 bits per heavy atom. The summed E-state index contributed by atoms with van der Waals surface area (Å²) in [5.74, 6) is -0.0747. The third kappa shape index (κ3) is 6.67. The van der Waals surface area contributed by atoms with E-state index in [9.17, 15) is 14.4 Å². The van der Waals surface area contributed by atoms with Gasteiger partial charge in [-0.15, -0.1) is 0 Å². The van der Waals surface area contributed by atoms with Crippen LogP contribution in [0, 0.1) is 5.41 Å². The number of nitrogens with one attached hydrogen (secondary N) is 1. The number of anilines is 1. The van der Waals surface area contributed by atoms with Crippen molar-refractivity contribution in [2.75, 3.05) is 11.1 Å². The maximum absolute atomic E-state index is 13.5. The average molecular weight is 534 g/mol. The summed E-state index contributed by atoms with van der Waals surface area (Å²) in [6.45, 7) is 6.04. The van der Waals surface area contributed by atoms with Gasteiger partial charge in [0.25, 0.3) is 11.5 Å². The van der Waals surface area contributed by atoms with Gasteiger partial charge in [0.05, 0.1) is 16.7 Å². The van der Waals surface area contributed by atoms with Gasteiger partial charge in [-0.3, -0.25) is 19.0 Å². The van der Waals surface area contributed by atoms with Gasteiger partial charge in [0, 0.05) is 28.2 Å². The predicted molar refractivity (Wildman–Crippen MR) is 151 cm³/mol. The van der Waals surface area contributed by atoms with Crippen LogP contribution in [0.1, 0.15) is 36.7 Å². The lowest BCUT2D eigenvalue weighted by atomic mass is 9.92. The molecule has 4 aromatic rings. The summed E-state index contributed by atoms with van der Waals surface area (Å²) in [4.78, 5) is 43.8. The Morgan fingerprint density at radius 2 is 1.76 bits per heavy atom. The number of hydrogen-bond donors (Lipinski definition) is 1. The number of halogens is 1. The lowest BCUT2D eigenvalue weighted by molar-refractivity contribution is -0.123. The minimum absolute atomic E-state index is 0.0658. The first-order valence-corrected chi connectivity index (χ1v) is 13.3. The second-order valence-corrected chi connectivity index (χ2v) is 11.1. The van der Waals surface area contributed by atoms with Crippen molar-refractivity contribution in [1.82, 2.24) is 9.55 Å². The van der Waals surface area contributed by atoms with E-state index >= 15 is 0 Å². The van der Waals surface area contributed by atoms with Crippen molar-refractivity contribution in [2.24, 2.45) is 5.41 Å². The quantitative estimate of drug-likeness (QED) is 0.214. The van der Waals surface area contributed by atoms with E-state index in [0.717, 1.165) is 5.56 Å². The molecule has 0 spiro atoms. The zero-order valence-electron chi connectivity index (χ0n) is 21.0. The maximum Gasteiger partial charge on any atom is 0.262 e. The highest BCUT2D eigenvalue weighted by Crippen LogP contribution is 2.24. The molecule has 1 amide bonds. The number of nitrogens with zero attached hydrogens (tertiary/aromatic N) is 2. The molecule has 0 saturated carbocycles. The van der Waals surface area contributed by atoms with Crippen LogP contribution in [0.2, 0.25) is 5.02 Å². The number of aryl methyl sites for hydroxylation is 1. The number of hydrogen-bond acceptors (Lipinski definition) is 5. The number of Topliss-reactive ketones (excluding diaryl/α,β-unsaturated/α-hetero) is 1. The Bertz CT molecular complexity index is 1510. The average Bonchev–Trinajstić information content (AvgIpc) is 2.86. The third-order valence-electron chi connectivity index (χ3n) is 5.90. The van der Waals surface area contributed by atoms with E-state index in [-0.39, 0.29) is 23.0 Å². The summed E-state index contributed by atoms with van der Waals surface area (Å²) in [5.41, 5.74) is 1.75. The molecule has 3 aromatic carbocycles. The maximum atomic E-state index is 13.5. The third-order valence-corrected chi connectivity index (χ3v) is 7.11. The number of thioether (sulfide) groups is 1. The summed E-state index contributed by atoms with van der Waals surface area (Å²) in [6.07, 6.45) is 0.648. The zero-order chi connectivity index (χ0) is 26.6. The fourth-order valence-electron chi connectivity index (χ4n) is 3.65. The highest BCUT2D eigenvalue weighted by Gasteiger charge is 2.22. The monoisotopic (exact) mass is 533 g/mol. The number of carbonyl (C=O) groups is 2. The van der Waals surface area contributed by atoms with Crippen LogP contribution in [0.4, 0.5) is 5.69 Å². The topological polar surface area (TPSA) is 81.1 Å². The van der Waals surface area contributed by atoms with Gasteiger partial charge in [-0.2, -0.15) is 0 Å². The molecule has 190 valence electrons. The van der Waals surface area contributed by atoms with Crippen molar-refractivity contribution >= 4 is 51.6 Å². The molecule has 0 atom stereocenters. The molecule has 1 aromatic heterocycles. The van der Waals surface area contributed by atoms with Gasteiger partial charge >= 0.3 is 0 Å². The molecule has 0 saturated heterocycles. The number of amides is 1. The molecule has 0 aliphatic carbocycles. The number of ketones is 1. The van der Waals surface area contributed by atoms with Crippen LogP contribution in [0.25, 0.3) is 10.9 Å². The van der Waals surface area contributed by atoms with E-state index in [1.165, 1.54) is 11.8 Å². The molecule has 1 heterocycles. The van der Waals surface area contributed by atoms with Crippen LogP contribution in [0.15, 0.2) is 82.7 Å². The molecule has 4 rings (SSSR count). The van der Waals surface area contributed by atoms with Gasteiger partial charge in [-0.05, 0) is 48.4 Å². The summed E-state index contributed by atoms with van der Waals surface area (Å²) in [6, 6.07) is 21.6. The first kappa shape index (κ1) is 26.6. The summed E-state index contributed by atoms with van der Waals surface area (Å²) < 4.78 is 1.63. The summed E-state index contributed by atoms with van der Waals surface area (Å²) in [7, 11) is 0. The number of benzene rings is 3. The Hall–Kier alpha value is -3.42. The van der Waals surface area contributed by atoms with E-state index < -0.39 is 5.41 Å². The summed E-state index contributed by atoms with van der Waals surface area (Å²) in [5, 5.41) is 4.20. The first-order valence-electron chi connectivity index (χ1n) is 11.9. The summed E-state index contributed by atoms with van der Waals surface area (Å²) >= 11 is 7.27. The highest BCUT2D eigenvalue weighted by molar-refractivity contribution is 7.99. The van der Waals surface area contributed by atoms with Crippen molar-refractivity contribution in [3.63, 3.8) is 0 Å². The molecule has 0 unspecified atom stereocenters. The van der Waals surface area contributed by atoms with Crippen molar-refractivity contribution < 1.29 is 9.59 Å². The van der Waals surface area contributed by atoms with Gasteiger partial charge in [-0.25, -0.2) is 4.98 Å². The second-order valence-electron chi connectivity index (χ2n) is 9.75. The van der Waals surface area contributed by atoms with E-state index in [1.54, 1.807) is 47.0 Å². The molecule has 6 nitrogen and oxygen atoms in total. The van der Waals surface area contributed by atoms with Gasteiger partial charge in [-0.1, -0.05) is 80.5 Å². The van der Waals surface area contributed by atoms with Gasteiger partial charge in [0.1, 0.15) is 5.78 Å². The molecule has 0 aliphatic rings. The predicted octanol–water partition coefficient (Wildman–Crippen LogP) is 6.25. The lowest BCUT2D eigenvalue weighted by Crippen LogP contribution is -2.26. The fraction of sp³-hybridized carbons (Fsp3) is 0.241. The van der Waals surface area contributed by atoms with E-state index in [2.05, 4.69) is 5.32 Å². The second kappa shape index (κ2) is 11.3. The Balaban J connectivity index is 1.68. The molecule has 0 aliphatic heterocycles. The van der Waals surface area contributed by atoms with Crippen LogP contribution < -0.4 is 10.9 Å². The number of fused-ring (bicyclic) bond motifs is 1. The number of carbonyl (C=O) groups excluding carboxylic acids is 2. The van der Waals surface area contributed by atoms with Gasteiger partial charge in [0.15, 0.2) is 5.16 Å². The van der Waals surface area contributed by atoms with Crippen molar-refractivity contribution in [1.29, 1.82) is 0 Å². The van der Waals surface area contributed by atoms with Crippen molar-refractivity contribution in [3.8, 4) is 0 Å². The molecule has 1 N–H and O–H groups in total. The molecule has 0 fully saturated rings. The van der Waals surface area contributed by atoms with Crippen LogP contribution in [-0.2, 0) is 17.8 Å². The Kier molecular flexibility index (Phi) is 8.15. The van der Waals surface area contributed by atoms with Gasteiger partial charge in [0.2, 0.25) is 0 Å². The standard InChI is InChI=1S/C29H28ClN3O3S/c1-29(2,3)25(34)18-37-28-32-24-16-20(26(35)31-22-11-7-10-21(30)17-22)12-13-23(24)27(36)33(28)15-14-19-8-5-4-6-9-19/h4-13,16-17H,14-15,18H2,1-3H3,(H,31,35). The lowest BCUT2D eigenvalue weighted by Gasteiger charge is -2.17. The van der Waals surface area contributed by atoms with Crippen molar-refractivity contribution in [3.05, 3.63) is 99.3 Å². The minimum atomic E-state index is -0.495. The van der Waals surface area contributed by atoms with Gasteiger partial charge < -0.3 is 5.32 Å². The zero-order valence-corrected chi connectivity index (χ0v) is 22.5. The molecular weight excluding hydrogens is 506 g/mol. The normalized spacial score (nSPS) is 11.5. The smallest absolute Gasteiger partial charge is 0.262 e. The number of aromatic nitrogens is 2. The largest absolute Gasteiger partial charge is 0.322 e. The number of rotatable bonds is 8. The minimum Gasteiger partial charge on any atom is -0.322 e. The van der Waals surface area contributed by atoms with E-state index in [1.807, 2.05) is 51.1 Å². The van der Waals surface area contributed by atoms with Crippen LogP contribution in [0.5, 0.6) is 0 Å². The Labute approximate surface area is 225 Å².